The van der Waals surface area contributed by atoms with Crippen molar-refractivity contribution in [1.29, 1.82) is 0 Å². The Morgan fingerprint density at radius 3 is 3.05 bits per heavy atom. The van der Waals surface area contributed by atoms with E-state index in [-0.39, 0.29) is 5.75 Å². The van der Waals surface area contributed by atoms with Gasteiger partial charge in [0, 0.05) is 30.3 Å². The number of nitrogens with one attached hydrogen (secondary N) is 1. The summed E-state index contributed by atoms with van der Waals surface area (Å²) in [6.45, 7) is 6.01. The Bertz CT molecular complexity index is 545. The second-order valence-corrected chi connectivity index (χ2v) is 8.57. The molecule has 2 heterocycles. The van der Waals surface area contributed by atoms with Crippen LogP contribution in [-0.4, -0.2) is 49.1 Å². The quantitative estimate of drug-likeness (QED) is 0.758. The maximum Gasteiger partial charge on any atom is 0.298 e. The predicted molar refractivity (Wildman–Crippen MR) is 86.4 cm³/mol. The highest BCUT2D eigenvalue weighted by molar-refractivity contribution is 8.01. The van der Waals surface area contributed by atoms with Crippen LogP contribution >= 0.6 is 11.8 Å². The first kappa shape index (κ1) is 16.6. The van der Waals surface area contributed by atoms with E-state index in [1.807, 2.05) is 0 Å². The molecule has 0 bridgehead atoms. The molecule has 1 aromatic rings. The highest BCUT2D eigenvalue weighted by Gasteiger charge is 2.35. The van der Waals surface area contributed by atoms with Crippen LogP contribution in [0.3, 0.4) is 0 Å². The second-order valence-electron chi connectivity index (χ2n) is 4.97. The molecule has 1 saturated heterocycles. The summed E-state index contributed by atoms with van der Waals surface area (Å²) in [6, 6.07) is 0.422. The number of aromatic nitrogens is 1. The van der Waals surface area contributed by atoms with Crippen molar-refractivity contribution in [3.8, 4) is 0 Å². The number of anilines is 1. The standard InChI is InChI=1S/C13H23N3O3S2/c1-3-5-14-8-11-9-19-13(15-11)16-6-7-20-10-12(16)21(17,18)4-2/h9,12,14H,3-8,10H2,1-2H3. The Morgan fingerprint density at radius 2 is 2.33 bits per heavy atom. The molecular weight excluding hydrogens is 310 g/mol. The lowest BCUT2D eigenvalue weighted by Crippen LogP contribution is -2.48. The van der Waals surface area contributed by atoms with Crippen LogP contribution in [0.5, 0.6) is 0 Å². The fraction of sp³-hybridized carbons (Fsp3) is 0.769. The first-order valence-corrected chi connectivity index (χ1v) is 10.2. The summed E-state index contributed by atoms with van der Waals surface area (Å²) in [7, 11) is -3.14. The highest BCUT2D eigenvalue weighted by atomic mass is 32.2. The van der Waals surface area contributed by atoms with E-state index in [9.17, 15) is 8.42 Å². The third kappa shape index (κ3) is 4.14. The maximum atomic E-state index is 12.2. The van der Waals surface area contributed by atoms with E-state index in [0.29, 0.717) is 24.9 Å². The van der Waals surface area contributed by atoms with E-state index in [1.54, 1.807) is 29.8 Å². The van der Waals surface area contributed by atoms with Crippen molar-refractivity contribution in [2.45, 2.75) is 32.2 Å². The first-order valence-electron chi connectivity index (χ1n) is 7.29. The van der Waals surface area contributed by atoms with Gasteiger partial charge in [0.25, 0.3) is 6.01 Å². The molecule has 1 aliphatic rings. The van der Waals surface area contributed by atoms with Crippen molar-refractivity contribution >= 4 is 27.6 Å². The van der Waals surface area contributed by atoms with Crippen LogP contribution < -0.4 is 10.2 Å². The fourth-order valence-corrected chi connectivity index (χ4v) is 5.15. The van der Waals surface area contributed by atoms with E-state index < -0.39 is 15.2 Å². The maximum absolute atomic E-state index is 12.2. The van der Waals surface area contributed by atoms with Crippen LogP contribution in [-0.2, 0) is 16.4 Å². The van der Waals surface area contributed by atoms with Crippen molar-refractivity contribution in [3.63, 3.8) is 0 Å². The predicted octanol–water partition coefficient (Wildman–Crippen LogP) is 1.49. The molecule has 21 heavy (non-hydrogen) atoms. The van der Waals surface area contributed by atoms with Gasteiger partial charge in [0.1, 0.15) is 11.6 Å². The summed E-state index contributed by atoms with van der Waals surface area (Å²) in [4.78, 5) is 6.22. The second kappa shape index (κ2) is 7.51. The van der Waals surface area contributed by atoms with Gasteiger partial charge in [-0.1, -0.05) is 13.8 Å². The minimum atomic E-state index is -3.14. The summed E-state index contributed by atoms with van der Waals surface area (Å²) in [5.41, 5.74) is 0.810. The van der Waals surface area contributed by atoms with Crippen LogP contribution in [0.15, 0.2) is 10.7 Å². The third-order valence-electron chi connectivity index (χ3n) is 3.42. The number of rotatable bonds is 7. The lowest BCUT2D eigenvalue weighted by molar-refractivity contribution is 0.520. The molecule has 1 aliphatic heterocycles. The van der Waals surface area contributed by atoms with Crippen molar-refractivity contribution in [1.82, 2.24) is 10.3 Å². The SMILES string of the molecule is CCCNCc1coc(N2CCSCC2S(=O)(=O)CC)n1. The molecule has 0 saturated carbocycles. The summed E-state index contributed by atoms with van der Waals surface area (Å²) < 4.78 is 29.9. The number of hydrogen-bond donors (Lipinski definition) is 1. The molecule has 0 aromatic carbocycles. The lowest BCUT2D eigenvalue weighted by Gasteiger charge is -2.33. The monoisotopic (exact) mass is 333 g/mol. The average Bonchev–Trinajstić information content (AvgIpc) is 2.96. The molecular formula is C13H23N3O3S2. The Kier molecular flexibility index (Phi) is 5.95. The number of thioether (sulfide) groups is 1. The van der Waals surface area contributed by atoms with E-state index >= 15 is 0 Å². The molecule has 1 atom stereocenters. The minimum absolute atomic E-state index is 0.139. The van der Waals surface area contributed by atoms with Gasteiger partial charge in [0.2, 0.25) is 0 Å². The van der Waals surface area contributed by atoms with Crippen molar-refractivity contribution in [2.75, 3.05) is 35.2 Å². The van der Waals surface area contributed by atoms with Crippen LogP contribution in [0.4, 0.5) is 6.01 Å². The number of sulfone groups is 1. The van der Waals surface area contributed by atoms with Gasteiger partial charge in [0.05, 0.1) is 5.69 Å². The Labute approximate surface area is 130 Å². The topological polar surface area (TPSA) is 75.4 Å². The van der Waals surface area contributed by atoms with E-state index in [4.69, 9.17) is 4.42 Å². The van der Waals surface area contributed by atoms with Gasteiger partial charge in [-0.25, -0.2) is 8.42 Å². The van der Waals surface area contributed by atoms with Gasteiger partial charge in [-0.3, -0.25) is 0 Å². The molecule has 1 fully saturated rings. The number of oxazole rings is 1. The summed E-state index contributed by atoms with van der Waals surface area (Å²) in [5.74, 6) is 1.60. The molecule has 2 rings (SSSR count). The third-order valence-corrected chi connectivity index (χ3v) is 6.71. The van der Waals surface area contributed by atoms with Crippen LogP contribution in [0, 0.1) is 0 Å². The van der Waals surface area contributed by atoms with E-state index in [0.717, 1.165) is 24.4 Å². The molecule has 1 aromatic heterocycles. The van der Waals surface area contributed by atoms with Gasteiger partial charge < -0.3 is 14.6 Å². The summed E-state index contributed by atoms with van der Waals surface area (Å²) in [5, 5.41) is 2.73. The van der Waals surface area contributed by atoms with E-state index in [2.05, 4.69) is 17.2 Å². The minimum Gasteiger partial charge on any atom is -0.432 e. The van der Waals surface area contributed by atoms with E-state index in [1.165, 1.54) is 0 Å². The average molecular weight is 333 g/mol. The largest absolute Gasteiger partial charge is 0.432 e. The van der Waals surface area contributed by atoms with Gasteiger partial charge in [-0.15, -0.1) is 0 Å². The first-order chi connectivity index (χ1) is 10.1. The molecule has 120 valence electrons. The van der Waals surface area contributed by atoms with Crippen LogP contribution in [0.25, 0.3) is 0 Å². The molecule has 1 N–H and O–H groups in total. The molecule has 0 amide bonds. The lowest BCUT2D eigenvalue weighted by atomic mass is 10.4. The zero-order valence-electron chi connectivity index (χ0n) is 12.5. The molecule has 0 radical (unpaired) electrons. The van der Waals surface area contributed by atoms with Crippen molar-refractivity contribution in [3.05, 3.63) is 12.0 Å². The zero-order chi connectivity index (χ0) is 15.3. The van der Waals surface area contributed by atoms with Crippen molar-refractivity contribution < 1.29 is 12.8 Å². The Balaban J connectivity index is 2.11. The molecule has 0 spiro atoms. The van der Waals surface area contributed by atoms with Crippen molar-refractivity contribution in [2.24, 2.45) is 0 Å². The fourth-order valence-electron chi connectivity index (χ4n) is 2.19. The molecule has 0 aliphatic carbocycles. The zero-order valence-corrected chi connectivity index (χ0v) is 14.2. The summed E-state index contributed by atoms with van der Waals surface area (Å²) in [6.07, 6.45) is 2.67. The Morgan fingerprint density at radius 1 is 1.52 bits per heavy atom. The molecule has 8 heteroatoms. The van der Waals surface area contributed by atoms with Gasteiger partial charge in [0.15, 0.2) is 9.84 Å². The van der Waals surface area contributed by atoms with Crippen LogP contribution in [0.2, 0.25) is 0 Å². The molecule has 6 nitrogen and oxygen atoms in total. The van der Waals surface area contributed by atoms with Gasteiger partial charge in [-0.2, -0.15) is 16.7 Å². The number of nitrogens with zero attached hydrogens (tertiary/aromatic N) is 2. The van der Waals surface area contributed by atoms with Crippen LogP contribution in [0.1, 0.15) is 26.0 Å². The normalized spacial score (nSPS) is 19.9. The summed E-state index contributed by atoms with van der Waals surface area (Å²) >= 11 is 1.66. The van der Waals surface area contributed by atoms with Gasteiger partial charge >= 0.3 is 0 Å². The number of hydrogen-bond acceptors (Lipinski definition) is 7. The smallest absolute Gasteiger partial charge is 0.298 e. The molecule has 1 unspecified atom stereocenters. The highest BCUT2D eigenvalue weighted by Crippen LogP contribution is 2.26. The van der Waals surface area contributed by atoms with Gasteiger partial charge in [-0.05, 0) is 13.0 Å². The Hall–Kier alpha value is -0.730.